The van der Waals surface area contributed by atoms with Crippen molar-refractivity contribution in [3.05, 3.63) is 22.7 Å². The summed E-state index contributed by atoms with van der Waals surface area (Å²) in [4.78, 5) is 18.4. The SMILES string of the molecule is NC(=O)[C@H]1CCCC1CCCc1nc(Cl)ncc1C(F)(F)F. The van der Waals surface area contributed by atoms with Crippen molar-refractivity contribution in [2.75, 3.05) is 0 Å². The fraction of sp³-hybridized carbons (Fsp3) is 0.643. The second kappa shape index (κ2) is 6.81. The normalized spacial score (nSPS) is 22.0. The molecule has 0 aliphatic heterocycles. The number of halogens is 4. The summed E-state index contributed by atoms with van der Waals surface area (Å²) in [6.45, 7) is 0. The van der Waals surface area contributed by atoms with Crippen molar-refractivity contribution >= 4 is 17.5 Å². The van der Waals surface area contributed by atoms with Crippen molar-refractivity contribution in [1.29, 1.82) is 0 Å². The molecule has 0 spiro atoms. The number of hydrogen-bond donors (Lipinski definition) is 1. The predicted molar refractivity (Wildman–Crippen MR) is 75.0 cm³/mol. The van der Waals surface area contributed by atoms with E-state index in [1.807, 2.05) is 0 Å². The van der Waals surface area contributed by atoms with Gasteiger partial charge in [-0.05, 0) is 49.6 Å². The molecule has 1 heterocycles. The lowest BCUT2D eigenvalue weighted by molar-refractivity contribution is -0.138. The van der Waals surface area contributed by atoms with E-state index in [1.54, 1.807) is 0 Å². The van der Waals surface area contributed by atoms with Gasteiger partial charge >= 0.3 is 6.18 Å². The number of nitrogens with two attached hydrogens (primary N) is 1. The highest BCUT2D eigenvalue weighted by atomic mass is 35.5. The van der Waals surface area contributed by atoms with Crippen molar-refractivity contribution in [3.8, 4) is 0 Å². The van der Waals surface area contributed by atoms with Crippen LogP contribution >= 0.6 is 11.6 Å². The van der Waals surface area contributed by atoms with Gasteiger partial charge in [-0.1, -0.05) is 6.42 Å². The molecule has 1 unspecified atom stereocenters. The fourth-order valence-corrected chi connectivity index (χ4v) is 3.26. The highest BCUT2D eigenvalue weighted by molar-refractivity contribution is 6.28. The summed E-state index contributed by atoms with van der Waals surface area (Å²) in [6, 6.07) is 0. The van der Waals surface area contributed by atoms with E-state index < -0.39 is 11.7 Å². The first kappa shape index (κ1) is 17.0. The lowest BCUT2D eigenvalue weighted by atomic mass is 9.90. The quantitative estimate of drug-likeness (QED) is 0.839. The summed E-state index contributed by atoms with van der Waals surface area (Å²) in [5, 5.41) is -0.195. The molecule has 0 bridgehead atoms. The summed E-state index contributed by atoms with van der Waals surface area (Å²) in [6.07, 6.45) is 0.134. The number of nitrogens with zero attached hydrogens (tertiary/aromatic N) is 2. The van der Waals surface area contributed by atoms with Crippen LogP contribution in [0.4, 0.5) is 13.2 Å². The zero-order valence-electron chi connectivity index (χ0n) is 11.9. The Labute approximate surface area is 131 Å². The Hall–Kier alpha value is -1.37. The van der Waals surface area contributed by atoms with E-state index in [0.717, 1.165) is 19.3 Å². The first-order chi connectivity index (χ1) is 10.3. The molecular formula is C14H17ClF3N3O. The third-order valence-electron chi connectivity index (χ3n) is 4.16. The highest BCUT2D eigenvalue weighted by Gasteiger charge is 2.35. The Morgan fingerprint density at radius 3 is 2.77 bits per heavy atom. The highest BCUT2D eigenvalue weighted by Crippen LogP contribution is 2.36. The summed E-state index contributed by atoms with van der Waals surface area (Å²) >= 11 is 5.59. The number of alkyl halides is 3. The number of amides is 1. The van der Waals surface area contributed by atoms with E-state index >= 15 is 0 Å². The summed E-state index contributed by atoms with van der Waals surface area (Å²) < 4.78 is 38.7. The zero-order chi connectivity index (χ0) is 16.3. The topological polar surface area (TPSA) is 68.9 Å². The molecule has 1 aromatic rings. The molecule has 0 radical (unpaired) electrons. The van der Waals surface area contributed by atoms with E-state index in [4.69, 9.17) is 17.3 Å². The van der Waals surface area contributed by atoms with Crippen LogP contribution in [0.3, 0.4) is 0 Å². The van der Waals surface area contributed by atoms with E-state index in [0.29, 0.717) is 19.0 Å². The molecule has 2 rings (SSSR count). The second-order valence-corrected chi connectivity index (χ2v) is 5.93. The van der Waals surface area contributed by atoms with Gasteiger partial charge < -0.3 is 5.73 Å². The largest absolute Gasteiger partial charge is 0.419 e. The van der Waals surface area contributed by atoms with Crippen molar-refractivity contribution in [2.45, 2.75) is 44.7 Å². The molecule has 122 valence electrons. The average Bonchev–Trinajstić information content (AvgIpc) is 2.86. The maximum atomic E-state index is 12.9. The third-order valence-corrected chi connectivity index (χ3v) is 4.34. The molecule has 1 aliphatic rings. The molecule has 8 heteroatoms. The number of carbonyl (C=O) groups excluding carboxylic acids is 1. The van der Waals surface area contributed by atoms with Crippen LogP contribution in [0, 0.1) is 11.8 Å². The number of aryl methyl sites for hydroxylation is 1. The van der Waals surface area contributed by atoms with Crippen LogP contribution in [0.1, 0.15) is 43.4 Å². The molecular weight excluding hydrogens is 319 g/mol. The number of hydrogen-bond acceptors (Lipinski definition) is 3. The predicted octanol–water partition coefficient (Wildman–Crippen LogP) is 3.37. The van der Waals surface area contributed by atoms with E-state index in [2.05, 4.69) is 9.97 Å². The molecule has 2 atom stereocenters. The van der Waals surface area contributed by atoms with Crippen molar-refractivity contribution in [2.24, 2.45) is 17.6 Å². The summed E-state index contributed by atoms with van der Waals surface area (Å²) in [7, 11) is 0. The molecule has 22 heavy (non-hydrogen) atoms. The number of rotatable bonds is 5. The van der Waals surface area contributed by atoms with E-state index in [-0.39, 0.29) is 35.1 Å². The third kappa shape index (κ3) is 4.09. The Morgan fingerprint density at radius 1 is 1.41 bits per heavy atom. The van der Waals surface area contributed by atoms with E-state index in [1.165, 1.54) is 0 Å². The monoisotopic (exact) mass is 335 g/mol. The van der Waals surface area contributed by atoms with E-state index in [9.17, 15) is 18.0 Å². The van der Waals surface area contributed by atoms with Gasteiger partial charge in [-0.25, -0.2) is 9.97 Å². The lowest BCUT2D eigenvalue weighted by Gasteiger charge is -2.17. The van der Waals surface area contributed by atoms with Gasteiger partial charge in [-0.3, -0.25) is 4.79 Å². The second-order valence-electron chi connectivity index (χ2n) is 5.59. The molecule has 2 N–H and O–H groups in total. The van der Waals surface area contributed by atoms with Crippen molar-refractivity contribution in [3.63, 3.8) is 0 Å². The molecule has 1 amide bonds. The minimum absolute atomic E-state index is 0.0962. The molecule has 0 aromatic carbocycles. The summed E-state index contributed by atoms with van der Waals surface area (Å²) in [5.74, 6) is -0.316. The Bertz CT molecular complexity index is 551. The minimum Gasteiger partial charge on any atom is -0.369 e. The number of aromatic nitrogens is 2. The number of primary amides is 1. The van der Waals surface area contributed by atoms with Crippen LogP contribution < -0.4 is 5.73 Å². The van der Waals surface area contributed by atoms with Crippen molar-refractivity contribution < 1.29 is 18.0 Å². The van der Waals surface area contributed by atoms with Gasteiger partial charge in [0.2, 0.25) is 11.2 Å². The Morgan fingerprint density at radius 2 is 2.14 bits per heavy atom. The Balaban J connectivity index is 2.00. The van der Waals surface area contributed by atoms with Crippen LogP contribution in [0.25, 0.3) is 0 Å². The number of carbonyl (C=O) groups is 1. The molecule has 1 saturated carbocycles. The molecule has 0 saturated heterocycles. The smallest absolute Gasteiger partial charge is 0.369 e. The molecule has 1 aliphatic carbocycles. The van der Waals surface area contributed by atoms with Gasteiger partial charge in [0.1, 0.15) is 0 Å². The molecule has 1 fully saturated rings. The first-order valence-corrected chi connectivity index (χ1v) is 7.54. The van der Waals surface area contributed by atoms with Gasteiger partial charge in [0.25, 0.3) is 0 Å². The van der Waals surface area contributed by atoms with Gasteiger partial charge in [0, 0.05) is 12.1 Å². The van der Waals surface area contributed by atoms with Gasteiger partial charge in [-0.2, -0.15) is 13.2 Å². The maximum Gasteiger partial charge on any atom is 0.419 e. The molecule has 1 aromatic heterocycles. The van der Waals surface area contributed by atoms with Gasteiger partial charge in [-0.15, -0.1) is 0 Å². The lowest BCUT2D eigenvalue weighted by Crippen LogP contribution is -2.26. The fourth-order valence-electron chi connectivity index (χ4n) is 3.11. The zero-order valence-corrected chi connectivity index (χ0v) is 12.6. The first-order valence-electron chi connectivity index (χ1n) is 7.17. The summed E-state index contributed by atoms with van der Waals surface area (Å²) in [5.41, 5.74) is 4.40. The molecule has 4 nitrogen and oxygen atoms in total. The minimum atomic E-state index is -4.50. The van der Waals surface area contributed by atoms with Gasteiger partial charge in [0.05, 0.1) is 11.3 Å². The maximum absolute atomic E-state index is 12.9. The van der Waals surface area contributed by atoms with Crippen LogP contribution in [0.15, 0.2) is 6.20 Å². The van der Waals surface area contributed by atoms with Crippen LogP contribution in [-0.2, 0) is 17.4 Å². The van der Waals surface area contributed by atoms with Crippen LogP contribution in [0.5, 0.6) is 0 Å². The standard InChI is InChI=1S/C14H17ClF3N3O/c15-13-20-7-10(14(16,17)18)11(21-13)6-2-4-8-3-1-5-9(8)12(19)22/h7-9H,1-6H2,(H2,19,22)/t8?,9-/m0/s1. The van der Waals surface area contributed by atoms with Crippen LogP contribution in [-0.4, -0.2) is 15.9 Å². The van der Waals surface area contributed by atoms with Crippen LogP contribution in [0.2, 0.25) is 5.28 Å². The van der Waals surface area contributed by atoms with Crippen molar-refractivity contribution in [1.82, 2.24) is 9.97 Å². The average molecular weight is 336 g/mol. The Kier molecular flexibility index (Phi) is 5.26. The van der Waals surface area contributed by atoms with Gasteiger partial charge in [0.15, 0.2) is 0 Å².